The Kier molecular flexibility index (Phi) is 6.35. The molecule has 1 aromatic heterocycles. The van der Waals surface area contributed by atoms with Gasteiger partial charge in [0.05, 0.1) is 11.1 Å². The quantitative estimate of drug-likeness (QED) is 0.559. The summed E-state index contributed by atoms with van der Waals surface area (Å²) < 4.78 is 0. The van der Waals surface area contributed by atoms with Gasteiger partial charge < -0.3 is 10.6 Å². The summed E-state index contributed by atoms with van der Waals surface area (Å²) in [4.78, 5) is 26.6. The van der Waals surface area contributed by atoms with Crippen LogP contribution in [-0.4, -0.2) is 30.3 Å². The fraction of sp³-hybridized carbons (Fsp3) is 0.583. The van der Waals surface area contributed by atoms with E-state index in [1.54, 1.807) is 6.20 Å². The molecule has 0 unspecified atom stereocenters. The van der Waals surface area contributed by atoms with E-state index >= 15 is 0 Å². The van der Waals surface area contributed by atoms with E-state index < -0.39 is 0 Å². The standard InChI is InChI=1S/C12H19N3O2S/c1-3-9(2)11(17)13-5-4-6-14-12-15-7-10(8-16)18-12/h7-9H,3-6H2,1-2H3,(H,13,17)(H,14,15)/t9-/m1/s1. The maximum absolute atomic E-state index is 11.5. The van der Waals surface area contributed by atoms with Gasteiger partial charge in [-0.2, -0.15) is 0 Å². The molecule has 1 aromatic rings. The van der Waals surface area contributed by atoms with Gasteiger partial charge in [-0.3, -0.25) is 9.59 Å². The van der Waals surface area contributed by atoms with Crippen LogP contribution in [0.15, 0.2) is 6.20 Å². The summed E-state index contributed by atoms with van der Waals surface area (Å²) in [6, 6.07) is 0. The molecular weight excluding hydrogens is 250 g/mol. The first-order valence-corrected chi connectivity index (χ1v) is 6.91. The van der Waals surface area contributed by atoms with E-state index in [1.165, 1.54) is 11.3 Å². The highest BCUT2D eigenvalue weighted by atomic mass is 32.1. The number of aromatic nitrogens is 1. The van der Waals surface area contributed by atoms with Gasteiger partial charge in [0.15, 0.2) is 11.4 Å². The van der Waals surface area contributed by atoms with E-state index in [-0.39, 0.29) is 11.8 Å². The van der Waals surface area contributed by atoms with Gasteiger partial charge in [0.25, 0.3) is 0 Å². The van der Waals surface area contributed by atoms with Crippen molar-refractivity contribution in [3.63, 3.8) is 0 Å². The molecule has 0 saturated heterocycles. The molecule has 2 N–H and O–H groups in total. The summed E-state index contributed by atoms with van der Waals surface area (Å²) in [7, 11) is 0. The summed E-state index contributed by atoms with van der Waals surface area (Å²) >= 11 is 1.33. The van der Waals surface area contributed by atoms with Crippen LogP contribution in [0, 0.1) is 5.92 Å². The second kappa shape index (κ2) is 7.81. The molecular formula is C12H19N3O2S. The molecule has 1 rings (SSSR count). The Labute approximate surface area is 111 Å². The molecule has 0 aromatic carbocycles. The van der Waals surface area contributed by atoms with Crippen molar-refractivity contribution >= 4 is 28.7 Å². The van der Waals surface area contributed by atoms with E-state index in [9.17, 15) is 9.59 Å². The van der Waals surface area contributed by atoms with Gasteiger partial charge in [-0.25, -0.2) is 4.98 Å². The summed E-state index contributed by atoms with van der Waals surface area (Å²) in [6.45, 7) is 5.30. The smallest absolute Gasteiger partial charge is 0.222 e. The lowest BCUT2D eigenvalue weighted by molar-refractivity contribution is -0.124. The highest BCUT2D eigenvalue weighted by molar-refractivity contribution is 7.17. The highest BCUT2D eigenvalue weighted by Gasteiger charge is 2.08. The molecule has 1 heterocycles. The van der Waals surface area contributed by atoms with Crippen molar-refractivity contribution in [3.8, 4) is 0 Å². The average molecular weight is 269 g/mol. The molecule has 0 aliphatic carbocycles. The van der Waals surface area contributed by atoms with Crippen molar-refractivity contribution in [3.05, 3.63) is 11.1 Å². The van der Waals surface area contributed by atoms with Crippen LogP contribution in [0.2, 0.25) is 0 Å². The van der Waals surface area contributed by atoms with Crippen LogP contribution in [0.1, 0.15) is 36.4 Å². The van der Waals surface area contributed by atoms with Gasteiger partial charge in [-0.05, 0) is 12.8 Å². The van der Waals surface area contributed by atoms with Gasteiger partial charge in [0, 0.05) is 19.0 Å². The van der Waals surface area contributed by atoms with Crippen molar-refractivity contribution in [1.29, 1.82) is 0 Å². The lowest BCUT2D eigenvalue weighted by atomic mass is 10.1. The largest absolute Gasteiger partial charge is 0.361 e. The molecule has 1 amide bonds. The van der Waals surface area contributed by atoms with Gasteiger partial charge in [-0.1, -0.05) is 25.2 Å². The van der Waals surface area contributed by atoms with Crippen molar-refractivity contribution in [2.24, 2.45) is 5.92 Å². The summed E-state index contributed by atoms with van der Waals surface area (Å²) in [5.41, 5.74) is 0. The zero-order valence-electron chi connectivity index (χ0n) is 10.7. The van der Waals surface area contributed by atoms with Gasteiger partial charge >= 0.3 is 0 Å². The summed E-state index contributed by atoms with van der Waals surface area (Å²) in [6.07, 6.45) is 4.02. The number of carbonyl (C=O) groups is 2. The molecule has 5 nitrogen and oxygen atoms in total. The van der Waals surface area contributed by atoms with Crippen LogP contribution < -0.4 is 10.6 Å². The molecule has 6 heteroatoms. The Hall–Kier alpha value is -1.43. The third-order valence-electron chi connectivity index (χ3n) is 2.63. The van der Waals surface area contributed by atoms with E-state index in [1.807, 2.05) is 13.8 Å². The topological polar surface area (TPSA) is 71.1 Å². The number of nitrogens with zero attached hydrogens (tertiary/aromatic N) is 1. The molecule has 0 aliphatic rings. The normalized spacial score (nSPS) is 11.9. The van der Waals surface area contributed by atoms with Crippen LogP contribution >= 0.6 is 11.3 Å². The molecule has 0 fully saturated rings. The number of amides is 1. The summed E-state index contributed by atoms with van der Waals surface area (Å²) in [5, 5.41) is 6.74. The molecule has 0 aliphatic heterocycles. The molecule has 100 valence electrons. The van der Waals surface area contributed by atoms with E-state index in [0.717, 1.165) is 30.8 Å². The lowest BCUT2D eigenvalue weighted by Gasteiger charge is -2.09. The fourth-order valence-electron chi connectivity index (χ4n) is 1.28. The number of anilines is 1. The van der Waals surface area contributed by atoms with E-state index in [4.69, 9.17) is 0 Å². The second-order valence-corrected chi connectivity index (χ2v) is 5.13. The first-order chi connectivity index (χ1) is 8.67. The predicted octanol–water partition coefficient (Wildman–Crippen LogP) is 1.92. The number of rotatable bonds is 8. The van der Waals surface area contributed by atoms with Gasteiger partial charge in [0.2, 0.25) is 5.91 Å². The second-order valence-electron chi connectivity index (χ2n) is 4.07. The van der Waals surface area contributed by atoms with Crippen molar-refractivity contribution in [1.82, 2.24) is 10.3 Å². The van der Waals surface area contributed by atoms with Crippen LogP contribution in [0.3, 0.4) is 0 Å². The van der Waals surface area contributed by atoms with Crippen LogP contribution in [-0.2, 0) is 4.79 Å². The highest BCUT2D eigenvalue weighted by Crippen LogP contribution is 2.15. The Morgan fingerprint density at radius 2 is 2.33 bits per heavy atom. The minimum Gasteiger partial charge on any atom is -0.361 e. The SMILES string of the molecule is CC[C@@H](C)C(=O)NCCCNc1ncc(C=O)s1. The Morgan fingerprint density at radius 1 is 1.56 bits per heavy atom. The molecule has 0 bridgehead atoms. The monoisotopic (exact) mass is 269 g/mol. The molecule has 0 spiro atoms. The number of hydrogen-bond acceptors (Lipinski definition) is 5. The lowest BCUT2D eigenvalue weighted by Crippen LogP contribution is -2.30. The van der Waals surface area contributed by atoms with Gasteiger partial charge in [-0.15, -0.1) is 0 Å². The average Bonchev–Trinajstić information content (AvgIpc) is 2.85. The number of aldehydes is 1. The number of carbonyl (C=O) groups excluding carboxylic acids is 2. The third kappa shape index (κ3) is 4.83. The Morgan fingerprint density at radius 3 is 2.94 bits per heavy atom. The van der Waals surface area contributed by atoms with Crippen molar-refractivity contribution < 1.29 is 9.59 Å². The molecule has 0 radical (unpaired) electrons. The zero-order valence-corrected chi connectivity index (χ0v) is 11.5. The van der Waals surface area contributed by atoms with Gasteiger partial charge in [0.1, 0.15) is 0 Å². The van der Waals surface area contributed by atoms with Crippen molar-refractivity contribution in [2.75, 3.05) is 18.4 Å². The third-order valence-corrected chi connectivity index (χ3v) is 3.51. The molecule has 18 heavy (non-hydrogen) atoms. The Balaban J connectivity index is 2.12. The minimum atomic E-state index is 0.0760. The zero-order chi connectivity index (χ0) is 13.4. The first-order valence-electron chi connectivity index (χ1n) is 6.10. The van der Waals surface area contributed by atoms with Crippen LogP contribution in [0.25, 0.3) is 0 Å². The van der Waals surface area contributed by atoms with Crippen LogP contribution in [0.5, 0.6) is 0 Å². The maximum atomic E-state index is 11.5. The molecule has 1 atom stereocenters. The summed E-state index contributed by atoms with van der Waals surface area (Å²) in [5.74, 6) is 0.182. The Bertz CT molecular complexity index is 392. The first kappa shape index (κ1) is 14.6. The number of thiazole rings is 1. The van der Waals surface area contributed by atoms with E-state index in [0.29, 0.717) is 11.4 Å². The minimum absolute atomic E-state index is 0.0760. The maximum Gasteiger partial charge on any atom is 0.222 e. The molecule has 0 saturated carbocycles. The van der Waals surface area contributed by atoms with Crippen LogP contribution in [0.4, 0.5) is 5.13 Å². The van der Waals surface area contributed by atoms with Crippen molar-refractivity contribution in [2.45, 2.75) is 26.7 Å². The number of nitrogens with one attached hydrogen (secondary N) is 2. The van der Waals surface area contributed by atoms with E-state index in [2.05, 4.69) is 15.6 Å². The number of hydrogen-bond donors (Lipinski definition) is 2. The fourth-order valence-corrected chi connectivity index (χ4v) is 1.93. The predicted molar refractivity (Wildman–Crippen MR) is 73.1 cm³/mol.